The van der Waals surface area contributed by atoms with Crippen molar-refractivity contribution in [1.82, 2.24) is 9.47 Å². The molecule has 0 saturated carbocycles. The van der Waals surface area contributed by atoms with E-state index < -0.39 is 11.7 Å². The van der Waals surface area contributed by atoms with Crippen LogP contribution in [0, 0.1) is 6.92 Å². The van der Waals surface area contributed by atoms with Crippen molar-refractivity contribution in [1.29, 1.82) is 0 Å². The van der Waals surface area contributed by atoms with Crippen molar-refractivity contribution in [2.45, 2.75) is 13.1 Å². The quantitative estimate of drug-likeness (QED) is 0.253. The van der Waals surface area contributed by atoms with E-state index in [9.17, 15) is 22.8 Å². The average Bonchev–Trinajstić information content (AvgIpc) is 3.30. The number of fused-ring (bicyclic) bond motifs is 4. The number of carbonyl (C=O) groups is 2. The molecule has 0 radical (unpaired) electrons. The second kappa shape index (κ2) is 7.55. The van der Waals surface area contributed by atoms with E-state index in [1.165, 1.54) is 13.1 Å². The number of halogens is 3. The first-order chi connectivity index (χ1) is 17.2. The van der Waals surface area contributed by atoms with Crippen LogP contribution < -0.4 is 0 Å². The fourth-order valence-corrected chi connectivity index (χ4v) is 5.13. The van der Waals surface area contributed by atoms with Gasteiger partial charge in [0.15, 0.2) is 0 Å². The second-order valence-electron chi connectivity index (χ2n) is 8.98. The molecule has 36 heavy (non-hydrogen) atoms. The number of aromatic nitrogens is 1. The van der Waals surface area contributed by atoms with Crippen LogP contribution >= 0.6 is 0 Å². The lowest BCUT2D eigenvalue weighted by molar-refractivity contribution is -0.137. The number of rotatable bonds is 2. The Morgan fingerprint density at radius 1 is 0.722 bits per heavy atom. The van der Waals surface area contributed by atoms with Gasteiger partial charge in [0.05, 0.1) is 33.4 Å². The molecule has 0 fully saturated rings. The Labute approximate surface area is 204 Å². The third kappa shape index (κ3) is 3.09. The van der Waals surface area contributed by atoms with E-state index in [1.54, 1.807) is 19.1 Å². The van der Waals surface area contributed by atoms with Crippen LogP contribution in [-0.4, -0.2) is 28.3 Å². The van der Waals surface area contributed by atoms with E-state index >= 15 is 0 Å². The first-order valence-corrected chi connectivity index (χ1v) is 11.3. The molecule has 5 aromatic rings. The molecule has 1 aliphatic heterocycles. The van der Waals surface area contributed by atoms with Crippen molar-refractivity contribution in [3.05, 3.63) is 101 Å². The summed E-state index contributed by atoms with van der Waals surface area (Å²) in [5, 5.41) is 1.83. The van der Waals surface area contributed by atoms with Gasteiger partial charge >= 0.3 is 6.18 Å². The van der Waals surface area contributed by atoms with Gasteiger partial charge in [-0.2, -0.15) is 13.2 Å². The zero-order valence-electron chi connectivity index (χ0n) is 19.4. The third-order valence-electron chi connectivity index (χ3n) is 6.87. The number of amides is 2. The molecule has 0 spiro atoms. The number of carbonyl (C=O) groups excluding carboxylic acids is 2. The summed E-state index contributed by atoms with van der Waals surface area (Å²) in [5.41, 5.74) is 4.37. The second-order valence-corrected chi connectivity index (χ2v) is 8.98. The van der Waals surface area contributed by atoms with Crippen molar-refractivity contribution in [3.8, 4) is 16.8 Å². The topological polar surface area (TPSA) is 42.3 Å². The lowest BCUT2D eigenvalue weighted by Crippen LogP contribution is -2.24. The fraction of sp³-hybridized carbons (Fsp3) is 0.103. The predicted molar refractivity (Wildman–Crippen MR) is 132 cm³/mol. The van der Waals surface area contributed by atoms with E-state index in [2.05, 4.69) is 0 Å². The number of aryl methyl sites for hydroxylation is 1. The molecule has 0 saturated heterocycles. The minimum absolute atomic E-state index is 0.335. The summed E-state index contributed by atoms with van der Waals surface area (Å²) in [5.74, 6) is -0.689. The molecule has 0 bridgehead atoms. The normalized spacial score (nSPS) is 13.8. The van der Waals surface area contributed by atoms with Crippen molar-refractivity contribution < 1.29 is 22.8 Å². The highest BCUT2D eigenvalue weighted by Crippen LogP contribution is 2.39. The van der Waals surface area contributed by atoms with Gasteiger partial charge in [-0.05, 0) is 66.1 Å². The highest BCUT2D eigenvalue weighted by molar-refractivity contribution is 6.23. The van der Waals surface area contributed by atoms with E-state index in [1.807, 2.05) is 53.1 Å². The molecule has 6 rings (SSSR count). The molecular formula is C29H19F3N2O2. The van der Waals surface area contributed by atoms with E-state index in [4.69, 9.17) is 0 Å². The number of alkyl halides is 3. The van der Waals surface area contributed by atoms with Gasteiger partial charge in [-0.3, -0.25) is 14.5 Å². The van der Waals surface area contributed by atoms with Crippen LogP contribution in [0.25, 0.3) is 38.6 Å². The van der Waals surface area contributed by atoms with Crippen LogP contribution in [0.1, 0.15) is 31.8 Å². The molecule has 2 amide bonds. The van der Waals surface area contributed by atoms with Crippen molar-refractivity contribution in [3.63, 3.8) is 0 Å². The molecule has 0 N–H and O–H groups in total. The van der Waals surface area contributed by atoms with Gasteiger partial charge in [0, 0.05) is 17.8 Å². The maximum atomic E-state index is 13.2. The van der Waals surface area contributed by atoms with Gasteiger partial charge in [-0.1, -0.05) is 36.4 Å². The zero-order chi connectivity index (χ0) is 25.4. The van der Waals surface area contributed by atoms with Crippen molar-refractivity contribution in [2.24, 2.45) is 0 Å². The number of hydrogen-bond donors (Lipinski definition) is 0. The SMILES string of the molecule is Cc1cc(C(F)(F)F)ccc1-c1ccc2c(c1)c1ccccc1n2-c1cccc2c1C(=O)N(C)C2=O. The molecule has 4 aromatic carbocycles. The summed E-state index contributed by atoms with van der Waals surface area (Å²) in [6.07, 6.45) is -4.40. The Hall–Kier alpha value is -4.39. The van der Waals surface area contributed by atoms with E-state index in [0.717, 1.165) is 44.4 Å². The Morgan fingerprint density at radius 3 is 2.22 bits per heavy atom. The highest BCUT2D eigenvalue weighted by atomic mass is 19.4. The summed E-state index contributed by atoms with van der Waals surface area (Å²) >= 11 is 0. The minimum atomic E-state index is -4.40. The maximum absolute atomic E-state index is 13.2. The minimum Gasteiger partial charge on any atom is -0.308 e. The molecule has 2 heterocycles. The number of benzene rings is 4. The monoisotopic (exact) mass is 484 g/mol. The number of imide groups is 1. The lowest BCUT2D eigenvalue weighted by Gasteiger charge is -2.13. The van der Waals surface area contributed by atoms with Crippen molar-refractivity contribution >= 4 is 33.6 Å². The van der Waals surface area contributed by atoms with Gasteiger partial charge in [0.25, 0.3) is 11.8 Å². The van der Waals surface area contributed by atoms with E-state index in [-0.39, 0.29) is 11.8 Å². The molecule has 4 nitrogen and oxygen atoms in total. The molecule has 0 atom stereocenters. The number of hydrogen-bond acceptors (Lipinski definition) is 2. The summed E-state index contributed by atoms with van der Waals surface area (Å²) in [6, 6.07) is 22.5. The fourth-order valence-electron chi connectivity index (χ4n) is 5.13. The summed E-state index contributed by atoms with van der Waals surface area (Å²) in [6.45, 7) is 1.67. The predicted octanol–water partition coefficient (Wildman–Crippen LogP) is 7.00. The zero-order valence-corrected chi connectivity index (χ0v) is 19.4. The number of nitrogens with zero attached hydrogens (tertiary/aromatic N) is 2. The number of para-hydroxylation sites is 1. The Kier molecular flexibility index (Phi) is 4.64. The standard InChI is InChI=1S/C29H19F3N2O2/c1-16-14-18(29(30,31)32)11-12-19(16)17-10-13-24-22(15-17)20-6-3-4-8-23(20)34(24)25-9-5-7-21-26(25)28(36)33(2)27(21)35/h3-15H,1-2H3. The molecular weight excluding hydrogens is 465 g/mol. The van der Waals surface area contributed by atoms with Gasteiger partial charge in [0.2, 0.25) is 0 Å². The molecule has 1 aliphatic rings. The molecule has 178 valence electrons. The van der Waals surface area contributed by atoms with Crippen LogP contribution in [0.4, 0.5) is 13.2 Å². The Morgan fingerprint density at radius 2 is 1.47 bits per heavy atom. The highest BCUT2D eigenvalue weighted by Gasteiger charge is 2.36. The summed E-state index contributed by atoms with van der Waals surface area (Å²) in [4.78, 5) is 26.7. The summed E-state index contributed by atoms with van der Waals surface area (Å²) in [7, 11) is 1.47. The van der Waals surface area contributed by atoms with Crippen LogP contribution in [-0.2, 0) is 6.18 Å². The smallest absolute Gasteiger partial charge is 0.308 e. The summed E-state index contributed by atoms with van der Waals surface area (Å²) < 4.78 is 41.5. The maximum Gasteiger partial charge on any atom is 0.416 e. The molecule has 0 aliphatic carbocycles. The van der Waals surface area contributed by atoms with Crippen LogP contribution in [0.3, 0.4) is 0 Å². The molecule has 0 unspecified atom stereocenters. The molecule has 1 aromatic heterocycles. The van der Waals surface area contributed by atoms with Gasteiger partial charge in [-0.15, -0.1) is 0 Å². The van der Waals surface area contributed by atoms with E-state index in [0.29, 0.717) is 27.9 Å². The first-order valence-electron chi connectivity index (χ1n) is 11.3. The van der Waals surface area contributed by atoms with Gasteiger partial charge in [-0.25, -0.2) is 0 Å². The van der Waals surface area contributed by atoms with Gasteiger partial charge in [0.1, 0.15) is 0 Å². The third-order valence-corrected chi connectivity index (χ3v) is 6.87. The van der Waals surface area contributed by atoms with Gasteiger partial charge < -0.3 is 4.57 Å². The van der Waals surface area contributed by atoms with Crippen molar-refractivity contribution in [2.75, 3.05) is 7.05 Å². The average molecular weight is 484 g/mol. The van der Waals surface area contributed by atoms with Crippen LogP contribution in [0.15, 0.2) is 78.9 Å². The largest absolute Gasteiger partial charge is 0.416 e. The van der Waals surface area contributed by atoms with Crippen LogP contribution in [0.2, 0.25) is 0 Å². The first kappa shape index (κ1) is 22.1. The molecule has 7 heteroatoms. The van der Waals surface area contributed by atoms with Crippen LogP contribution in [0.5, 0.6) is 0 Å². The lowest BCUT2D eigenvalue weighted by atomic mass is 9.97. The Balaban J connectivity index is 1.61. The Bertz CT molecular complexity index is 1750.